The minimum atomic E-state index is -0.565. The molecule has 0 unspecified atom stereocenters. The molecule has 3 aromatic rings. The van der Waals surface area contributed by atoms with Gasteiger partial charge in [-0.3, -0.25) is 14.4 Å². The summed E-state index contributed by atoms with van der Waals surface area (Å²) in [7, 11) is 0. The predicted octanol–water partition coefficient (Wildman–Crippen LogP) is 4.12. The van der Waals surface area contributed by atoms with E-state index in [2.05, 4.69) is 0 Å². The zero-order valence-corrected chi connectivity index (χ0v) is 18.9. The van der Waals surface area contributed by atoms with Gasteiger partial charge in [0.15, 0.2) is 0 Å². The standard InChI is InChI=1S/C26H29N3O3/c1-4-29(20-12-11-18(2)19(3)15-20)26(32)25(31)22-16-28(23-10-6-5-9-21(22)23)17-24(30)27-13-7-8-14-27/h5-6,9-12,15-16H,4,7-8,13-14,17H2,1-3H3. The number of carbonyl (C=O) groups is 3. The molecule has 6 nitrogen and oxygen atoms in total. The van der Waals surface area contributed by atoms with Gasteiger partial charge in [0.2, 0.25) is 5.91 Å². The lowest BCUT2D eigenvalue weighted by Gasteiger charge is -2.21. The van der Waals surface area contributed by atoms with Crippen molar-refractivity contribution in [1.82, 2.24) is 9.47 Å². The van der Waals surface area contributed by atoms with Crippen molar-refractivity contribution in [3.8, 4) is 0 Å². The Kier molecular flexibility index (Phi) is 6.12. The monoisotopic (exact) mass is 431 g/mol. The zero-order valence-electron chi connectivity index (χ0n) is 18.9. The van der Waals surface area contributed by atoms with Crippen LogP contribution in [0, 0.1) is 13.8 Å². The lowest BCUT2D eigenvalue weighted by molar-refractivity contribution is -0.130. The van der Waals surface area contributed by atoms with Crippen LogP contribution in [-0.2, 0) is 16.1 Å². The number of benzene rings is 2. The number of ketones is 1. The Balaban J connectivity index is 1.66. The zero-order chi connectivity index (χ0) is 22.8. The number of likely N-dealkylation sites (tertiary alicyclic amines) is 1. The number of rotatable bonds is 6. The van der Waals surface area contributed by atoms with Crippen molar-refractivity contribution in [3.05, 3.63) is 65.4 Å². The van der Waals surface area contributed by atoms with E-state index in [4.69, 9.17) is 0 Å². The molecule has 0 saturated carbocycles. The molecule has 2 heterocycles. The molecule has 166 valence electrons. The van der Waals surface area contributed by atoms with Crippen LogP contribution in [0.2, 0.25) is 0 Å². The third-order valence-electron chi connectivity index (χ3n) is 6.36. The Labute approximate surface area is 188 Å². The van der Waals surface area contributed by atoms with Gasteiger partial charge in [0.1, 0.15) is 6.54 Å². The average Bonchev–Trinajstić information content (AvgIpc) is 3.45. The number of hydrogen-bond acceptors (Lipinski definition) is 3. The fourth-order valence-electron chi connectivity index (χ4n) is 4.35. The third-order valence-corrected chi connectivity index (χ3v) is 6.36. The van der Waals surface area contributed by atoms with E-state index in [1.165, 1.54) is 4.90 Å². The number of aryl methyl sites for hydroxylation is 2. The molecule has 0 atom stereocenters. The summed E-state index contributed by atoms with van der Waals surface area (Å²) in [5.74, 6) is -1.09. The number of carbonyl (C=O) groups excluding carboxylic acids is 3. The van der Waals surface area contributed by atoms with Gasteiger partial charge in [-0.25, -0.2) is 0 Å². The van der Waals surface area contributed by atoms with Crippen LogP contribution < -0.4 is 4.90 Å². The SMILES string of the molecule is CCN(C(=O)C(=O)c1cn(CC(=O)N2CCCC2)c2ccccc12)c1ccc(C)c(C)c1. The van der Waals surface area contributed by atoms with E-state index < -0.39 is 11.7 Å². The Hall–Kier alpha value is -3.41. The lowest BCUT2D eigenvalue weighted by atomic mass is 10.1. The normalized spacial score (nSPS) is 13.5. The number of aromatic nitrogens is 1. The molecule has 0 N–H and O–H groups in total. The maximum absolute atomic E-state index is 13.3. The van der Waals surface area contributed by atoms with E-state index in [1.807, 2.05) is 68.1 Å². The van der Waals surface area contributed by atoms with E-state index in [0.29, 0.717) is 23.2 Å². The van der Waals surface area contributed by atoms with Crippen LogP contribution in [-0.4, -0.2) is 46.7 Å². The van der Waals surface area contributed by atoms with Gasteiger partial charge in [0.25, 0.3) is 11.7 Å². The Morgan fingerprint density at radius 3 is 2.38 bits per heavy atom. The summed E-state index contributed by atoms with van der Waals surface area (Å²) >= 11 is 0. The highest BCUT2D eigenvalue weighted by Gasteiger charge is 2.27. The maximum Gasteiger partial charge on any atom is 0.299 e. The number of amides is 2. The Morgan fingerprint density at radius 2 is 1.69 bits per heavy atom. The van der Waals surface area contributed by atoms with Crippen molar-refractivity contribution >= 4 is 34.2 Å². The van der Waals surface area contributed by atoms with Gasteiger partial charge in [-0.1, -0.05) is 24.3 Å². The van der Waals surface area contributed by atoms with Crippen molar-refractivity contribution < 1.29 is 14.4 Å². The Bertz CT molecular complexity index is 1190. The van der Waals surface area contributed by atoms with Crippen LogP contribution >= 0.6 is 0 Å². The van der Waals surface area contributed by atoms with Gasteiger partial charge in [0.05, 0.1) is 5.56 Å². The number of anilines is 1. The molecule has 4 rings (SSSR count). The van der Waals surface area contributed by atoms with Crippen LogP contribution in [0.1, 0.15) is 41.3 Å². The predicted molar refractivity (Wildman–Crippen MR) is 126 cm³/mol. The van der Waals surface area contributed by atoms with Gasteiger partial charge in [-0.05, 0) is 62.9 Å². The summed E-state index contributed by atoms with van der Waals surface area (Å²) in [5, 5.41) is 0.691. The van der Waals surface area contributed by atoms with E-state index in [9.17, 15) is 14.4 Å². The molecule has 0 spiro atoms. The molecule has 1 saturated heterocycles. The third kappa shape index (κ3) is 4.05. The second-order valence-electron chi connectivity index (χ2n) is 8.42. The molecule has 0 bridgehead atoms. The first-order valence-corrected chi connectivity index (χ1v) is 11.2. The van der Waals surface area contributed by atoms with Crippen LogP contribution in [0.3, 0.4) is 0 Å². The molecule has 1 aromatic heterocycles. The number of nitrogens with zero attached hydrogens (tertiary/aromatic N) is 3. The molecule has 0 aliphatic carbocycles. The van der Waals surface area contributed by atoms with Crippen molar-refractivity contribution in [2.45, 2.75) is 40.2 Å². The number of fused-ring (bicyclic) bond motifs is 1. The lowest BCUT2D eigenvalue weighted by Crippen LogP contribution is -2.36. The van der Waals surface area contributed by atoms with Crippen LogP contribution in [0.15, 0.2) is 48.7 Å². The van der Waals surface area contributed by atoms with Gasteiger partial charge >= 0.3 is 0 Å². The second kappa shape index (κ2) is 8.99. The molecule has 1 aliphatic heterocycles. The minimum absolute atomic E-state index is 0.0406. The number of hydrogen-bond donors (Lipinski definition) is 0. The number of Topliss-reactive ketones (excluding diaryl/α,β-unsaturated/α-hetero) is 1. The molecule has 6 heteroatoms. The van der Waals surface area contributed by atoms with Gasteiger partial charge in [-0.15, -0.1) is 0 Å². The molecule has 1 fully saturated rings. The maximum atomic E-state index is 13.3. The van der Waals surface area contributed by atoms with E-state index in [-0.39, 0.29) is 12.5 Å². The fourth-order valence-corrected chi connectivity index (χ4v) is 4.35. The highest BCUT2D eigenvalue weighted by Crippen LogP contribution is 2.25. The highest BCUT2D eigenvalue weighted by molar-refractivity contribution is 6.48. The summed E-state index contributed by atoms with van der Waals surface area (Å²) in [6.45, 7) is 7.98. The topological polar surface area (TPSA) is 62.6 Å². The molecule has 2 aromatic carbocycles. The minimum Gasteiger partial charge on any atom is -0.341 e. The van der Waals surface area contributed by atoms with E-state index in [0.717, 1.165) is 42.6 Å². The van der Waals surface area contributed by atoms with Gasteiger partial charge in [-0.2, -0.15) is 0 Å². The quantitative estimate of drug-likeness (QED) is 0.436. The summed E-state index contributed by atoms with van der Waals surface area (Å²) in [6.07, 6.45) is 3.72. The molecule has 2 amide bonds. The first-order valence-electron chi connectivity index (χ1n) is 11.2. The number of para-hydroxylation sites is 1. The smallest absolute Gasteiger partial charge is 0.299 e. The van der Waals surface area contributed by atoms with E-state index in [1.54, 1.807) is 10.8 Å². The van der Waals surface area contributed by atoms with Gasteiger partial charge < -0.3 is 14.4 Å². The van der Waals surface area contributed by atoms with Crippen molar-refractivity contribution in [3.63, 3.8) is 0 Å². The van der Waals surface area contributed by atoms with Crippen LogP contribution in [0.4, 0.5) is 5.69 Å². The molecular weight excluding hydrogens is 402 g/mol. The number of likely N-dealkylation sites (N-methyl/N-ethyl adjacent to an activating group) is 1. The first-order chi connectivity index (χ1) is 15.4. The Morgan fingerprint density at radius 1 is 0.969 bits per heavy atom. The average molecular weight is 432 g/mol. The molecular formula is C26H29N3O3. The van der Waals surface area contributed by atoms with Gasteiger partial charge in [0, 0.05) is 42.4 Å². The van der Waals surface area contributed by atoms with Crippen molar-refractivity contribution in [2.75, 3.05) is 24.5 Å². The van der Waals surface area contributed by atoms with Crippen molar-refractivity contribution in [2.24, 2.45) is 0 Å². The van der Waals surface area contributed by atoms with Crippen LogP contribution in [0.25, 0.3) is 10.9 Å². The summed E-state index contributed by atoms with van der Waals surface area (Å²) in [4.78, 5) is 42.7. The highest BCUT2D eigenvalue weighted by atomic mass is 16.2. The molecule has 0 radical (unpaired) electrons. The summed E-state index contributed by atoms with van der Waals surface area (Å²) in [6, 6.07) is 13.2. The van der Waals surface area contributed by atoms with Crippen molar-refractivity contribution in [1.29, 1.82) is 0 Å². The molecule has 1 aliphatic rings. The first kappa shape index (κ1) is 21.8. The molecule has 32 heavy (non-hydrogen) atoms. The summed E-state index contributed by atoms with van der Waals surface area (Å²) < 4.78 is 1.79. The largest absolute Gasteiger partial charge is 0.341 e. The van der Waals surface area contributed by atoms with E-state index >= 15 is 0 Å². The second-order valence-corrected chi connectivity index (χ2v) is 8.42. The fraction of sp³-hybridized carbons (Fsp3) is 0.346. The summed E-state index contributed by atoms with van der Waals surface area (Å²) in [5.41, 5.74) is 4.03. The van der Waals surface area contributed by atoms with Crippen LogP contribution in [0.5, 0.6) is 0 Å².